The molecule has 0 atom stereocenters. The zero-order chi connectivity index (χ0) is 35.7. The predicted molar refractivity (Wildman–Crippen MR) is 224 cm³/mol. The Morgan fingerprint density at radius 2 is 0.846 bits per heavy atom. The number of benzene rings is 7. The van der Waals surface area contributed by atoms with Crippen molar-refractivity contribution in [1.82, 2.24) is 0 Å². The zero-order valence-electron chi connectivity index (χ0n) is 30.8. The molecule has 0 N–H and O–H groups in total. The van der Waals surface area contributed by atoms with E-state index in [4.69, 9.17) is 0 Å². The third-order valence-electron chi connectivity index (χ3n) is 10.9. The van der Waals surface area contributed by atoms with Gasteiger partial charge in [0.15, 0.2) is 0 Å². The smallest absolute Gasteiger partial charge is 0.252 e. The molecule has 0 aliphatic carbocycles. The third kappa shape index (κ3) is 4.97. The van der Waals surface area contributed by atoms with E-state index in [1.807, 2.05) is 0 Å². The molecule has 52 heavy (non-hydrogen) atoms. The number of anilines is 9. The van der Waals surface area contributed by atoms with E-state index >= 15 is 0 Å². The molecule has 9 rings (SSSR count). The molecule has 0 amide bonds. The van der Waals surface area contributed by atoms with E-state index in [1.54, 1.807) is 0 Å². The van der Waals surface area contributed by atoms with Gasteiger partial charge < -0.3 is 14.7 Å². The van der Waals surface area contributed by atoms with Gasteiger partial charge in [0.2, 0.25) is 0 Å². The minimum Gasteiger partial charge on any atom is -0.311 e. The molecule has 2 heterocycles. The quantitative estimate of drug-likeness (QED) is 0.169. The fourth-order valence-electron chi connectivity index (χ4n) is 9.14. The lowest BCUT2D eigenvalue weighted by Gasteiger charge is -2.44. The molecule has 0 spiro atoms. The van der Waals surface area contributed by atoms with E-state index in [0.29, 0.717) is 0 Å². The summed E-state index contributed by atoms with van der Waals surface area (Å²) in [7, 11) is 0. The van der Waals surface area contributed by atoms with Gasteiger partial charge in [0.25, 0.3) is 6.71 Å². The molecule has 7 aromatic carbocycles. The van der Waals surface area contributed by atoms with Crippen LogP contribution in [0, 0.1) is 41.5 Å². The lowest BCUT2D eigenvalue weighted by molar-refractivity contribution is 1.16. The molecule has 0 radical (unpaired) electrons. The third-order valence-corrected chi connectivity index (χ3v) is 10.9. The van der Waals surface area contributed by atoms with E-state index < -0.39 is 0 Å². The Morgan fingerprint density at radius 3 is 1.38 bits per heavy atom. The summed E-state index contributed by atoms with van der Waals surface area (Å²) in [5.41, 5.74) is 22.4. The molecule has 0 unspecified atom stereocenters. The van der Waals surface area contributed by atoms with E-state index in [9.17, 15) is 0 Å². The Hall–Kier alpha value is -6.00. The Labute approximate surface area is 308 Å². The molecule has 3 nitrogen and oxygen atoms in total. The minimum atomic E-state index is 0.0746. The molecule has 0 saturated heterocycles. The first-order valence-corrected chi connectivity index (χ1v) is 18.3. The number of hydrogen-bond donors (Lipinski definition) is 0. The van der Waals surface area contributed by atoms with Crippen LogP contribution in [0.5, 0.6) is 0 Å². The highest BCUT2D eigenvalue weighted by molar-refractivity contribution is 7.00. The molecule has 0 saturated carbocycles. The number of rotatable bonds is 5. The van der Waals surface area contributed by atoms with Crippen molar-refractivity contribution in [2.24, 2.45) is 0 Å². The molecule has 0 fully saturated rings. The molecule has 4 heteroatoms. The molecule has 7 aromatic rings. The summed E-state index contributed by atoms with van der Waals surface area (Å²) in [6, 6.07) is 54.0. The Morgan fingerprint density at radius 1 is 0.404 bits per heavy atom. The van der Waals surface area contributed by atoms with Gasteiger partial charge in [-0.3, -0.25) is 0 Å². The molecular formula is C48H42BN3. The summed E-state index contributed by atoms with van der Waals surface area (Å²) in [4.78, 5) is 7.46. The molecular weight excluding hydrogens is 629 g/mol. The van der Waals surface area contributed by atoms with Gasteiger partial charge in [0.1, 0.15) is 0 Å². The highest BCUT2D eigenvalue weighted by atomic mass is 15.2. The summed E-state index contributed by atoms with van der Waals surface area (Å²) in [5.74, 6) is 0. The van der Waals surface area contributed by atoms with Gasteiger partial charge in [-0.1, -0.05) is 102 Å². The van der Waals surface area contributed by atoms with Gasteiger partial charge in [-0.05, 0) is 135 Å². The monoisotopic (exact) mass is 671 g/mol. The first-order valence-electron chi connectivity index (χ1n) is 18.3. The lowest BCUT2D eigenvalue weighted by Crippen LogP contribution is -2.61. The van der Waals surface area contributed by atoms with Crippen molar-refractivity contribution >= 4 is 74.3 Å². The molecule has 252 valence electrons. The summed E-state index contributed by atoms with van der Waals surface area (Å²) >= 11 is 0. The van der Waals surface area contributed by atoms with E-state index in [2.05, 4.69) is 202 Å². The van der Waals surface area contributed by atoms with Gasteiger partial charge in [-0.25, -0.2) is 0 Å². The molecule has 0 bridgehead atoms. The number of fused-ring (bicyclic) bond motifs is 4. The fourth-order valence-corrected chi connectivity index (χ4v) is 9.14. The largest absolute Gasteiger partial charge is 0.311 e. The lowest BCUT2D eigenvalue weighted by atomic mass is 9.33. The van der Waals surface area contributed by atoms with Gasteiger partial charge in [0, 0.05) is 39.8 Å². The van der Waals surface area contributed by atoms with Gasteiger partial charge in [-0.15, -0.1) is 0 Å². The first-order chi connectivity index (χ1) is 25.3. The fraction of sp³-hybridized carbons (Fsp3) is 0.125. The summed E-state index contributed by atoms with van der Waals surface area (Å²) < 4.78 is 0. The van der Waals surface area contributed by atoms with Crippen molar-refractivity contribution in [2.45, 2.75) is 41.5 Å². The van der Waals surface area contributed by atoms with Crippen LogP contribution in [-0.4, -0.2) is 6.71 Å². The molecule has 2 aliphatic rings. The van der Waals surface area contributed by atoms with Crippen molar-refractivity contribution in [3.63, 3.8) is 0 Å². The van der Waals surface area contributed by atoms with Crippen LogP contribution >= 0.6 is 0 Å². The van der Waals surface area contributed by atoms with Crippen molar-refractivity contribution in [2.75, 3.05) is 14.7 Å². The Bertz CT molecular complexity index is 2400. The standard InChI is InChI=1S/C48H42BN3/c1-31-26-33(3)47(34(4)27-31)52(48-35(5)28-32(2)29-36(48)6)39-24-25-41-45(30-39)51(38-18-11-8-12-19-38)44-23-15-22-43-46(44)49(41)40-20-13-14-21-42(40)50(43)37-16-9-7-10-17-37/h7-30H,1-6H3. The predicted octanol–water partition coefficient (Wildman–Crippen LogP) is 11.1. The summed E-state index contributed by atoms with van der Waals surface area (Å²) in [6.07, 6.45) is 0. The number of aryl methyl sites for hydroxylation is 6. The topological polar surface area (TPSA) is 9.72 Å². The second-order valence-corrected chi connectivity index (χ2v) is 14.6. The Balaban J connectivity index is 1.34. The van der Waals surface area contributed by atoms with Crippen LogP contribution in [0.15, 0.2) is 146 Å². The second-order valence-electron chi connectivity index (χ2n) is 14.6. The maximum absolute atomic E-state index is 2.52. The zero-order valence-corrected chi connectivity index (χ0v) is 30.8. The van der Waals surface area contributed by atoms with Crippen molar-refractivity contribution in [3.05, 3.63) is 179 Å². The summed E-state index contributed by atoms with van der Waals surface area (Å²) in [5, 5.41) is 0. The van der Waals surface area contributed by atoms with Crippen molar-refractivity contribution < 1.29 is 0 Å². The van der Waals surface area contributed by atoms with Crippen LogP contribution in [0.4, 0.5) is 51.2 Å². The minimum absolute atomic E-state index is 0.0746. The highest BCUT2D eigenvalue weighted by Crippen LogP contribution is 2.47. The van der Waals surface area contributed by atoms with Gasteiger partial charge in [-0.2, -0.15) is 0 Å². The van der Waals surface area contributed by atoms with Crippen LogP contribution in [0.3, 0.4) is 0 Å². The second kappa shape index (κ2) is 12.3. The van der Waals surface area contributed by atoms with Crippen LogP contribution in [-0.2, 0) is 0 Å². The molecule has 2 aliphatic heterocycles. The average molecular weight is 672 g/mol. The van der Waals surface area contributed by atoms with Crippen molar-refractivity contribution in [3.8, 4) is 0 Å². The summed E-state index contributed by atoms with van der Waals surface area (Å²) in [6.45, 7) is 13.5. The van der Waals surface area contributed by atoms with Crippen LogP contribution in [0.2, 0.25) is 0 Å². The van der Waals surface area contributed by atoms with Crippen LogP contribution in [0.25, 0.3) is 0 Å². The number of para-hydroxylation sites is 3. The Kier molecular flexibility index (Phi) is 7.59. The average Bonchev–Trinajstić information content (AvgIpc) is 3.14. The van der Waals surface area contributed by atoms with Gasteiger partial charge in [0.05, 0.1) is 11.4 Å². The highest BCUT2D eigenvalue weighted by Gasteiger charge is 2.43. The maximum atomic E-state index is 2.52. The molecule has 0 aromatic heterocycles. The normalized spacial score (nSPS) is 12.7. The number of hydrogen-bond acceptors (Lipinski definition) is 3. The SMILES string of the molecule is Cc1cc(C)c(N(c2ccc3c(c2)N(c2ccccc2)c2cccc4c2B3c2ccccc2N4c2ccccc2)c2c(C)cc(C)cc2C)c(C)c1. The van der Waals surface area contributed by atoms with Gasteiger partial charge >= 0.3 is 0 Å². The van der Waals surface area contributed by atoms with Crippen molar-refractivity contribution in [1.29, 1.82) is 0 Å². The number of nitrogens with zero attached hydrogens (tertiary/aromatic N) is 3. The first kappa shape index (κ1) is 31.9. The van der Waals surface area contributed by atoms with E-state index in [-0.39, 0.29) is 6.71 Å². The van der Waals surface area contributed by atoms with E-state index in [0.717, 1.165) is 17.1 Å². The van der Waals surface area contributed by atoms with Crippen LogP contribution in [0.1, 0.15) is 33.4 Å². The maximum Gasteiger partial charge on any atom is 0.252 e. The van der Waals surface area contributed by atoms with E-state index in [1.165, 1.54) is 83.9 Å². The van der Waals surface area contributed by atoms with Crippen LogP contribution < -0.4 is 31.1 Å².